The molecule has 0 saturated heterocycles. The number of benzene rings is 2. The number of carbonyl (C=O) groups excluding carboxylic acids is 1. The number of fused-ring (bicyclic) bond motifs is 1. The molecule has 0 fully saturated rings. The summed E-state index contributed by atoms with van der Waals surface area (Å²) < 4.78 is 5.19. The van der Waals surface area contributed by atoms with E-state index in [1.54, 1.807) is 13.2 Å². The number of amides is 1. The van der Waals surface area contributed by atoms with Crippen molar-refractivity contribution < 1.29 is 19.7 Å². The highest BCUT2D eigenvalue weighted by Gasteiger charge is 2.19. The summed E-state index contributed by atoms with van der Waals surface area (Å²) in [7, 11) is 1.61. The Balaban J connectivity index is 2.11. The topological polar surface area (TPSA) is 82.9 Å². The number of para-hydroxylation sites is 1. The van der Waals surface area contributed by atoms with Gasteiger partial charge in [0.2, 0.25) is 0 Å². The largest absolute Gasteiger partial charge is 0.497 e. The van der Waals surface area contributed by atoms with Crippen LogP contribution in [0.25, 0.3) is 22.2 Å². The number of aliphatic hydroxyl groups excluding tert-OH is 2. The van der Waals surface area contributed by atoms with Crippen LogP contribution in [0.2, 0.25) is 0 Å². The molecular weight excluding hydrogens is 344 g/mol. The number of nitrogens with zero attached hydrogens (tertiary/aromatic N) is 2. The summed E-state index contributed by atoms with van der Waals surface area (Å²) in [5.74, 6) is 0.499. The van der Waals surface area contributed by atoms with Crippen molar-refractivity contribution in [3.05, 3.63) is 60.2 Å². The molecule has 2 aromatic carbocycles. The predicted octanol–water partition coefficient (Wildman–Crippen LogP) is 2.34. The van der Waals surface area contributed by atoms with E-state index in [4.69, 9.17) is 4.74 Å². The highest BCUT2D eigenvalue weighted by atomic mass is 16.5. The lowest BCUT2D eigenvalue weighted by atomic mass is 10.0. The summed E-state index contributed by atoms with van der Waals surface area (Å²) in [5.41, 5.74) is 2.74. The van der Waals surface area contributed by atoms with E-state index in [1.807, 2.05) is 48.5 Å². The molecular formula is C21H22N2O4. The van der Waals surface area contributed by atoms with Crippen molar-refractivity contribution in [2.24, 2.45) is 0 Å². The van der Waals surface area contributed by atoms with E-state index in [2.05, 4.69) is 4.98 Å². The van der Waals surface area contributed by atoms with Gasteiger partial charge in [0.1, 0.15) is 5.75 Å². The summed E-state index contributed by atoms with van der Waals surface area (Å²) >= 11 is 0. The summed E-state index contributed by atoms with van der Waals surface area (Å²) in [4.78, 5) is 19.2. The van der Waals surface area contributed by atoms with Crippen LogP contribution in [0.15, 0.2) is 54.6 Å². The standard InChI is InChI=1S/C21H22N2O4/c1-27-16-8-6-15(7-9-16)20-14-18(17-4-2-3-5-19(17)22-20)21(26)23(10-12-24)11-13-25/h2-9,14,24-25H,10-13H2,1H3. The number of carbonyl (C=O) groups is 1. The molecule has 140 valence electrons. The smallest absolute Gasteiger partial charge is 0.254 e. The molecule has 0 atom stereocenters. The lowest BCUT2D eigenvalue weighted by Crippen LogP contribution is -2.36. The van der Waals surface area contributed by atoms with Gasteiger partial charge in [-0.25, -0.2) is 4.98 Å². The zero-order valence-corrected chi connectivity index (χ0v) is 15.1. The van der Waals surface area contributed by atoms with Crippen LogP contribution in [0.5, 0.6) is 5.75 Å². The first-order valence-corrected chi connectivity index (χ1v) is 8.73. The summed E-state index contributed by atoms with van der Waals surface area (Å²) in [6, 6.07) is 16.7. The number of methoxy groups -OCH3 is 1. The fraction of sp³-hybridized carbons (Fsp3) is 0.238. The molecule has 6 nitrogen and oxygen atoms in total. The minimum absolute atomic E-state index is 0.161. The molecule has 0 bridgehead atoms. The van der Waals surface area contributed by atoms with Gasteiger partial charge in [-0.05, 0) is 36.4 Å². The minimum Gasteiger partial charge on any atom is -0.497 e. The molecule has 27 heavy (non-hydrogen) atoms. The first-order chi connectivity index (χ1) is 13.2. The van der Waals surface area contributed by atoms with Gasteiger partial charge >= 0.3 is 0 Å². The van der Waals surface area contributed by atoms with E-state index in [-0.39, 0.29) is 32.2 Å². The quantitative estimate of drug-likeness (QED) is 0.671. The molecule has 0 saturated carbocycles. The van der Waals surface area contributed by atoms with Crippen LogP contribution in [0.4, 0.5) is 0 Å². The number of aliphatic hydroxyl groups is 2. The Morgan fingerprint density at radius 3 is 2.33 bits per heavy atom. The van der Waals surface area contributed by atoms with Crippen LogP contribution in [0.1, 0.15) is 10.4 Å². The molecule has 1 heterocycles. The van der Waals surface area contributed by atoms with E-state index < -0.39 is 0 Å². The molecule has 0 aliphatic carbocycles. The van der Waals surface area contributed by atoms with Crippen molar-refractivity contribution in [3.63, 3.8) is 0 Å². The first-order valence-electron chi connectivity index (χ1n) is 8.73. The van der Waals surface area contributed by atoms with E-state index in [1.165, 1.54) is 4.90 Å². The number of aromatic nitrogens is 1. The van der Waals surface area contributed by atoms with Crippen molar-refractivity contribution in [2.45, 2.75) is 0 Å². The highest BCUT2D eigenvalue weighted by Crippen LogP contribution is 2.27. The number of hydrogen-bond acceptors (Lipinski definition) is 5. The summed E-state index contributed by atoms with van der Waals surface area (Å²) in [5, 5.41) is 19.2. The van der Waals surface area contributed by atoms with Crippen molar-refractivity contribution in [1.82, 2.24) is 9.88 Å². The highest BCUT2D eigenvalue weighted by molar-refractivity contribution is 6.07. The van der Waals surface area contributed by atoms with E-state index in [0.29, 0.717) is 16.8 Å². The van der Waals surface area contributed by atoms with Crippen LogP contribution < -0.4 is 4.74 Å². The third kappa shape index (κ3) is 4.07. The zero-order valence-electron chi connectivity index (χ0n) is 15.1. The van der Waals surface area contributed by atoms with Crippen LogP contribution in [0.3, 0.4) is 0 Å². The molecule has 0 aliphatic rings. The second-order valence-electron chi connectivity index (χ2n) is 6.04. The van der Waals surface area contributed by atoms with Gasteiger partial charge in [0.15, 0.2) is 0 Å². The van der Waals surface area contributed by atoms with Crippen molar-refractivity contribution in [3.8, 4) is 17.0 Å². The molecule has 0 unspecified atom stereocenters. The lowest BCUT2D eigenvalue weighted by molar-refractivity contribution is 0.0687. The van der Waals surface area contributed by atoms with Gasteiger partial charge in [-0.2, -0.15) is 0 Å². The number of ether oxygens (including phenoxy) is 1. The van der Waals surface area contributed by atoms with Gasteiger partial charge in [-0.3, -0.25) is 4.79 Å². The van der Waals surface area contributed by atoms with Gasteiger partial charge in [-0.15, -0.1) is 0 Å². The van der Waals surface area contributed by atoms with Gasteiger partial charge in [0.05, 0.1) is 37.1 Å². The van der Waals surface area contributed by atoms with Crippen LogP contribution >= 0.6 is 0 Å². The Labute approximate surface area is 157 Å². The molecule has 2 N–H and O–H groups in total. The SMILES string of the molecule is COc1ccc(-c2cc(C(=O)N(CCO)CCO)c3ccccc3n2)cc1. The van der Waals surface area contributed by atoms with Crippen molar-refractivity contribution in [1.29, 1.82) is 0 Å². The molecule has 1 amide bonds. The molecule has 3 rings (SSSR count). The average Bonchev–Trinajstić information content (AvgIpc) is 2.72. The molecule has 0 radical (unpaired) electrons. The normalized spacial score (nSPS) is 10.8. The lowest BCUT2D eigenvalue weighted by Gasteiger charge is -2.22. The van der Waals surface area contributed by atoms with Gasteiger partial charge < -0.3 is 19.8 Å². The predicted molar refractivity (Wildman–Crippen MR) is 104 cm³/mol. The molecule has 0 spiro atoms. The van der Waals surface area contributed by atoms with Gasteiger partial charge in [-0.1, -0.05) is 18.2 Å². The Bertz CT molecular complexity index is 919. The Kier molecular flexibility index (Phi) is 6.01. The third-order valence-corrected chi connectivity index (χ3v) is 4.36. The fourth-order valence-corrected chi connectivity index (χ4v) is 2.99. The molecule has 6 heteroatoms. The number of rotatable bonds is 7. The zero-order chi connectivity index (χ0) is 19.2. The third-order valence-electron chi connectivity index (χ3n) is 4.36. The molecule has 3 aromatic rings. The fourth-order valence-electron chi connectivity index (χ4n) is 2.99. The molecule has 1 aromatic heterocycles. The summed E-state index contributed by atoms with van der Waals surface area (Å²) in [6.45, 7) is -0.0119. The van der Waals surface area contributed by atoms with E-state index in [0.717, 1.165) is 16.7 Å². The number of hydrogen-bond donors (Lipinski definition) is 2. The van der Waals surface area contributed by atoms with E-state index in [9.17, 15) is 15.0 Å². The maximum atomic E-state index is 13.1. The Morgan fingerprint density at radius 2 is 1.70 bits per heavy atom. The average molecular weight is 366 g/mol. The van der Waals surface area contributed by atoms with Crippen LogP contribution in [-0.2, 0) is 0 Å². The van der Waals surface area contributed by atoms with Gasteiger partial charge in [0, 0.05) is 24.0 Å². The Hall–Kier alpha value is -2.96. The second-order valence-corrected chi connectivity index (χ2v) is 6.04. The van der Waals surface area contributed by atoms with Gasteiger partial charge in [0.25, 0.3) is 5.91 Å². The number of pyridine rings is 1. The van der Waals surface area contributed by atoms with E-state index >= 15 is 0 Å². The van der Waals surface area contributed by atoms with Crippen molar-refractivity contribution >= 4 is 16.8 Å². The van der Waals surface area contributed by atoms with Crippen LogP contribution in [0, 0.1) is 0 Å². The Morgan fingerprint density at radius 1 is 1.04 bits per heavy atom. The first kappa shape index (κ1) is 18.8. The molecule has 0 aliphatic heterocycles. The van der Waals surface area contributed by atoms with Crippen LogP contribution in [-0.4, -0.2) is 59.4 Å². The monoisotopic (exact) mass is 366 g/mol. The second kappa shape index (κ2) is 8.62. The maximum absolute atomic E-state index is 13.1. The maximum Gasteiger partial charge on any atom is 0.254 e. The summed E-state index contributed by atoms with van der Waals surface area (Å²) in [6.07, 6.45) is 0. The van der Waals surface area contributed by atoms with Crippen molar-refractivity contribution in [2.75, 3.05) is 33.4 Å². The minimum atomic E-state index is -0.244.